The topological polar surface area (TPSA) is 108 Å². The van der Waals surface area contributed by atoms with Gasteiger partial charge in [0, 0.05) is 30.4 Å². The lowest BCUT2D eigenvalue weighted by Crippen LogP contribution is -2.57. The second kappa shape index (κ2) is 10.5. The molecule has 0 atom stereocenters. The van der Waals surface area contributed by atoms with Crippen LogP contribution in [0.5, 0.6) is 0 Å². The van der Waals surface area contributed by atoms with E-state index < -0.39 is 17.3 Å². The van der Waals surface area contributed by atoms with Crippen molar-refractivity contribution < 1.29 is 18.0 Å². The highest BCUT2D eigenvalue weighted by molar-refractivity contribution is 5.86. The van der Waals surface area contributed by atoms with E-state index in [1.165, 1.54) is 18.9 Å². The molecule has 0 spiro atoms. The van der Waals surface area contributed by atoms with Gasteiger partial charge in [0.1, 0.15) is 11.6 Å². The van der Waals surface area contributed by atoms with Gasteiger partial charge in [-0.2, -0.15) is 18.3 Å². The van der Waals surface area contributed by atoms with Crippen LogP contribution in [-0.2, 0) is 24.1 Å². The molecular formula is C26H30F3N7O. The first-order chi connectivity index (χ1) is 17.8. The average Bonchev–Trinajstić information content (AvgIpc) is 3.65. The number of hydrogen-bond donors (Lipinski definition) is 4. The fraction of sp³-hybridized carbons (Fsp3) is 0.462. The molecule has 2 saturated carbocycles. The van der Waals surface area contributed by atoms with E-state index in [4.69, 9.17) is 0 Å². The number of aromatic amines is 1. The number of H-pyrrole nitrogens is 1. The van der Waals surface area contributed by atoms with Gasteiger partial charge in [0.25, 0.3) is 0 Å². The average molecular weight is 514 g/mol. The number of hydrogen-bond acceptors (Lipinski definition) is 6. The molecule has 2 fully saturated rings. The summed E-state index contributed by atoms with van der Waals surface area (Å²) in [5.41, 5.74) is -0.0316. The fourth-order valence-electron chi connectivity index (χ4n) is 4.79. The van der Waals surface area contributed by atoms with Crippen LogP contribution in [0.1, 0.15) is 73.5 Å². The zero-order valence-corrected chi connectivity index (χ0v) is 20.4. The van der Waals surface area contributed by atoms with Crippen molar-refractivity contribution in [2.75, 3.05) is 5.32 Å². The monoisotopic (exact) mass is 513 g/mol. The largest absolute Gasteiger partial charge is 0.416 e. The van der Waals surface area contributed by atoms with Crippen LogP contribution in [0.4, 0.5) is 24.8 Å². The highest BCUT2D eigenvalue weighted by Gasteiger charge is 2.39. The quantitative estimate of drug-likeness (QED) is 0.323. The molecule has 4 N–H and O–H groups in total. The molecule has 2 heterocycles. The van der Waals surface area contributed by atoms with Crippen molar-refractivity contribution in [3.63, 3.8) is 0 Å². The number of halogens is 3. The van der Waals surface area contributed by atoms with Crippen molar-refractivity contribution in [3.8, 4) is 0 Å². The third kappa shape index (κ3) is 6.27. The normalized spacial score (nSPS) is 17.4. The Morgan fingerprint density at radius 3 is 2.62 bits per heavy atom. The standard InChI is InChI=1S/C26H30F3N7O/c27-26(28,29)19-6-4-5-17(13-19)15-31-24(37)25(10-2-1-3-11-25)32-16-23-30-12-9-21(34-23)33-22-14-20(35-36-22)18-7-8-18/h4-6,9,12-14,18,32H,1-3,7-8,10-11,15-16H2,(H,31,37)(H2,30,33,34,35,36). The molecule has 1 amide bonds. The number of amides is 1. The first-order valence-corrected chi connectivity index (χ1v) is 12.6. The summed E-state index contributed by atoms with van der Waals surface area (Å²) in [6.07, 6.45) is 3.67. The van der Waals surface area contributed by atoms with Gasteiger partial charge >= 0.3 is 6.18 Å². The number of alkyl halides is 3. The van der Waals surface area contributed by atoms with E-state index in [0.29, 0.717) is 41.8 Å². The van der Waals surface area contributed by atoms with Crippen molar-refractivity contribution in [1.82, 2.24) is 30.8 Å². The Hall–Kier alpha value is -3.47. The van der Waals surface area contributed by atoms with Gasteiger partial charge in [0.2, 0.25) is 5.91 Å². The van der Waals surface area contributed by atoms with Crippen LogP contribution in [0, 0.1) is 0 Å². The highest BCUT2D eigenvalue weighted by Crippen LogP contribution is 2.39. The predicted molar refractivity (Wildman–Crippen MR) is 132 cm³/mol. The van der Waals surface area contributed by atoms with Crippen LogP contribution < -0.4 is 16.0 Å². The van der Waals surface area contributed by atoms with Gasteiger partial charge in [-0.25, -0.2) is 9.97 Å². The predicted octanol–water partition coefficient (Wildman–Crippen LogP) is 4.95. The van der Waals surface area contributed by atoms with Gasteiger partial charge in [-0.05, 0) is 49.4 Å². The molecule has 5 rings (SSSR count). The minimum absolute atomic E-state index is 0.0224. The fourth-order valence-corrected chi connectivity index (χ4v) is 4.79. The molecule has 8 nitrogen and oxygen atoms in total. The summed E-state index contributed by atoms with van der Waals surface area (Å²) in [6, 6.07) is 8.77. The maximum Gasteiger partial charge on any atom is 0.416 e. The SMILES string of the molecule is O=C(NCc1cccc(C(F)(F)F)c1)C1(NCc2nccc(Nc3cc(C4CC4)[nH]n3)n2)CCCCC1. The number of nitrogens with one attached hydrogen (secondary N) is 4. The van der Waals surface area contributed by atoms with Gasteiger partial charge in [0.05, 0.1) is 17.6 Å². The van der Waals surface area contributed by atoms with Gasteiger partial charge in [-0.1, -0.05) is 31.4 Å². The number of benzene rings is 1. The van der Waals surface area contributed by atoms with Crippen LogP contribution in [0.2, 0.25) is 0 Å². The zero-order chi connectivity index (χ0) is 25.9. The molecule has 2 aromatic heterocycles. The lowest BCUT2D eigenvalue weighted by atomic mass is 9.80. The maximum atomic E-state index is 13.3. The molecule has 0 aliphatic heterocycles. The first kappa shape index (κ1) is 25.2. The van der Waals surface area contributed by atoms with E-state index in [9.17, 15) is 18.0 Å². The van der Waals surface area contributed by atoms with E-state index in [1.54, 1.807) is 18.3 Å². The molecule has 2 aliphatic carbocycles. The molecule has 2 aliphatic rings. The molecular weight excluding hydrogens is 483 g/mol. The van der Waals surface area contributed by atoms with Crippen molar-refractivity contribution in [2.24, 2.45) is 0 Å². The van der Waals surface area contributed by atoms with E-state index in [1.807, 2.05) is 6.07 Å². The number of nitrogens with zero attached hydrogens (tertiary/aromatic N) is 3. The zero-order valence-electron chi connectivity index (χ0n) is 20.4. The number of carbonyl (C=O) groups excluding carboxylic acids is 1. The molecule has 196 valence electrons. The third-order valence-electron chi connectivity index (χ3n) is 7.01. The summed E-state index contributed by atoms with van der Waals surface area (Å²) < 4.78 is 39.1. The number of anilines is 2. The minimum Gasteiger partial charge on any atom is -0.350 e. The van der Waals surface area contributed by atoms with Crippen molar-refractivity contribution in [2.45, 2.75) is 75.7 Å². The first-order valence-electron chi connectivity index (χ1n) is 12.6. The van der Waals surface area contributed by atoms with E-state index in [-0.39, 0.29) is 19.0 Å². The molecule has 3 aromatic rings. The molecule has 0 unspecified atom stereocenters. The van der Waals surface area contributed by atoms with Crippen molar-refractivity contribution in [1.29, 1.82) is 0 Å². The second-order valence-electron chi connectivity index (χ2n) is 9.84. The second-order valence-corrected chi connectivity index (χ2v) is 9.84. The van der Waals surface area contributed by atoms with E-state index in [2.05, 4.69) is 36.1 Å². The Balaban J connectivity index is 1.22. The van der Waals surface area contributed by atoms with Crippen LogP contribution >= 0.6 is 0 Å². The molecule has 0 radical (unpaired) electrons. The highest BCUT2D eigenvalue weighted by atomic mass is 19.4. The third-order valence-corrected chi connectivity index (χ3v) is 7.01. The summed E-state index contributed by atoms with van der Waals surface area (Å²) in [6.45, 7) is 0.301. The minimum atomic E-state index is -4.42. The molecule has 37 heavy (non-hydrogen) atoms. The summed E-state index contributed by atoms with van der Waals surface area (Å²) in [5, 5.41) is 16.8. The summed E-state index contributed by atoms with van der Waals surface area (Å²) in [7, 11) is 0. The smallest absolute Gasteiger partial charge is 0.350 e. The number of carbonyl (C=O) groups is 1. The molecule has 1 aromatic carbocycles. The van der Waals surface area contributed by atoms with E-state index in [0.717, 1.165) is 37.1 Å². The van der Waals surface area contributed by atoms with Crippen LogP contribution in [0.25, 0.3) is 0 Å². The molecule has 0 saturated heterocycles. The molecule has 11 heteroatoms. The summed E-state index contributed by atoms with van der Waals surface area (Å²) in [5.74, 6) is 2.17. The lowest BCUT2D eigenvalue weighted by Gasteiger charge is -2.36. The number of rotatable bonds is 9. The van der Waals surface area contributed by atoms with Crippen molar-refractivity contribution in [3.05, 3.63) is 65.2 Å². The number of aromatic nitrogens is 4. The Morgan fingerprint density at radius 2 is 1.86 bits per heavy atom. The Bertz CT molecular complexity index is 1230. The van der Waals surface area contributed by atoms with Gasteiger partial charge < -0.3 is 10.6 Å². The van der Waals surface area contributed by atoms with Gasteiger partial charge in [-0.15, -0.1) is 0 Å². The van der Waals surface area contributed by atoms with E-state index >= 15 is 0 Å². The van der Waals surface area contributed by atoms with Crippen molar-refractivity contribution >= 4 is 17.5 Å². The van der Waals surface area contributed by atoms with Crippen LogP contribution in [-0.4, -0.2) is 31.6 Å². The van der Waals surface area contributed by atoms with Crippen LogP contribution in [0.3, 0.4) is 0 Å². The summed E-state index contributed by atoms with van der Waals surface area (Å²) in [4.78, 5) is 22.2. The Labute approximate surface area is 212 Å². The van der Waals surface area contributed by atoms with Gasteiger partial charge in [-0.3, -0.25) is 15.2 Å². The maximum absolute atomic E-state index is 13.3. The summed E-state index contributed by atoms with van der Waals surface area (Å²) >= 11 is 0. The molecule has 0 bridgehead atoms. The lowest BCUT2D eigenvalue weighted by molar-refractivity contribution is -0.137. The Morgan fingerprint density at radius 1 is 1.05 bits per heavy atom. The van der Waals surface area contributed by atoms with Crippen LogP contribution in [0.15, 0.2) is 42.6 Å². The van der Waals surface area contributed by atoms with Gasteiger partial charge in [0.15, 0.2) is 5.82 Å². The Kier molecular flexibility index (Phi) is 7.14.